The van der Waals surface area contributed by atoms with Gasteiger partial charge in [0.25, 0.3) is 0 Å². The van der Waals surface area contributed by atoms with E-state index in [0.29, 0.717) is 25.4 Å². The Morgan fingerprint density at radius 1 is 0.912 bits per heavy atom. The molecule has 0 radical (unpaired) electrons. The number of pyridine rings is 1. The number of nitrogens with one attached hydrogen (secondary N) is 1. The summed E-state index contributed by atoms with van der Waals surface area (Å²) in [6.45, 7) is 5.46. The van der Waals surface area contributed by atoms with Gasteiger partial charge in [-0.3, -0.25) is 0 Å². The minimum atomic E-state index is -0.381. The highest BCUT2D eigenvalue weighted by atomic mass is 16.5. The van der Waals surface area contributed by atoms with Gasteiger partial charge in [-0.2, -0.15) is 0 Å². The average molecular weight is 460 g/mol. The molecular formula is C27H29N3O4. The molecule has 7 heteroatoms. The lowest BCUT2D eigenvalue weighted by molar-refractivity contribution is 0.0520. The maximum atomic E-state index is 12.2. The Labute approximate surface area is 199 Å². The summed E-state index contributed by atoms with van der Waals surface area (Å²) in [6, 6.07) is 19.8. The molecule has 0 bridgehead atoms. The summed E-state index contributed by atoms with van der Waals surface area (Å²) in [5, 5.41) is 0. The molecule has 0 atom stereocenters. The second-order valence-corrected chi connectivity index (χ2v) is 8.02. The normalized spacial score (nSPS) is 10.8. The molecule has 0 amide bonds. The van der Waals surface area contributed by atoms with E-state index in [0.717, 1.165) is 45.0 Å². The number of carbonyl (C=O) groups excluding carboxylic acids is 1. The zero-order valence-corrected chi connectivity index (χ0v) is 19.9. The Kier molecular flexibility index (Phi) is 7.01. The maximum Gasteiger partial charge on any atom is 0.354 e. The van der Waals surface area contributed by atoms with Crippen LogP contribution in [0.3, 0.4) is 0 Å². The van der Waals surface area contributed by atoms with E-state index in [4.69, 9.17) is 19.2 Å². The van der Waals surface area contributed by atoms with Gasteiger partial charge >= 0.3 is 5.97 Å². The molecule has 4 rings (SSSR count). The maximum absolute atomic E-state index is 12.2. The van der Waals surface area contributed by atoms with Gasteiger partial charge in [0.1, 0.15) is 23.0 Å². The number of anilines is 1. The number of hydrogen-bond donors (Lipinski definition) is 1. The summed E-state index contributed by atoms with van der Waals surface area (Å²) >= 11 is 0. The number of benzene rings is 2. The van der Waals surface area contributed by atoms with Crippen LogP contribution in [0, 0.1) is 6.92 Å². The SMILES string of the molecule is CCOC(=O)c1cc2nc(N(Cc3ccc(OC)cc3)Cc3ccc(OC)cc3)c(C)cc2[nH]1. The minimum Gasteiger partial charge on any atom is -0.497 e. The first-order valence-corrected chi connectivity index (χ1v) is 11.2. The fourth-order valence-corrected chi connectivity index (χ4v) is 3.89. The number of aromatic amines is 1. The predicted octanol–water partition coefficient (Wildman–Crippen LogP) is 5.27. The Morgan fingerprint density at radius 3 is 1.97 bits per heavy atom. The standard InChI is InChI=1S/C27H29N3O4/c1-5-34-27(31)25-15-24-23(28-25)14-18(2)26(29-24)30(16-19-6-10-21(32-3)11-7-19)17-20-8-12-22(33-4)13-9-20/h6-15,28H,5,16-17H2,1-4H3. The van der Waals surface area contributed by atoms with Gasteiger partial charge in [-0.1, -0.05) is 24.3 Å². The summed E-state index contributed by atoms with van der Waals surface area (Å²) in [5.41, 5.74) is 5.20. The van der Waals surface area contributed by atoms with Crippen LogP contribution in [0.15, 0.2) is 60.7 Å². The summed E-state index contributed by atoms with van der Waals surface area (Å²) < 4.78 is 15.7. The van der Waals surface area contributed by atoms with Crippen molar-refractivity contribution in [1.82, 2.24) is 9.97 Å². The Hall–Kier alpha value is -4.00. The van der Waals surface area contributed by atoms with Gasteiger partial charge < -0.3 is 24.1 Å². The van der Waals surface area contributed by atoms with E-state index in [1.165, 1.54) is 0 Å². The number of carbonyl (C=O) groups is 1. The number of fused-ring (bicyclic) bond motifs is 1. The molecule has 0 unspecified atom stereocenters. The summed E-state index contributed by atoms with van der Waals surface area (Å²) in [5.74, 6) is 2.11. The third kappa shape index (κ3) is 5.14. The van der Waals surface area contributed by atoms with E-state index < -0.39 is 0 Å². The van der Waals surface area contributed by atoms with Gasteiger partial charge in [0.05, 0.1) is 31.9 Å². The quantitative estimate of drug-likeness (QED) is 0.344. The van der Waals surface area contributed by atoms with Crippen molar-refractivity contribution in [2.24, 2.45) is 0 Å². The highest BCUT2D eigenvalue weighted by molar-refractivity contribution is 5.94. The average Bonchev–Trinajstić information content (AvgIpc) is 3.27. The van der Waals surface area contributed by atoms with Crippen LogP contribution in [0.2, 0.25) is 0 Å². The summed E-state index contributed by atoms with van der Waals surface area (Å²) in [7, 11) is 3.32. The molecule has 0 aliphatic carbocycles. The van der Waals surface area contributed by atoms with E-state index >= 15 is 0 Å². The fraction of sp³-hybridized carbons (Fsp3) is 0.259. The smallest absolute Gasteiger partial charge is 0.354 e. The van der Waals surface area contributed by atoms with Crippen LogP contribution in [0.4, 0.5) is 5.82 Å². The molecule has 4 aromatic rings. The molecule has 2 aromatic carbocycles. The van der Waals surface area contributed by atoms with Gasteiger partial charge in [-0.15, -0.1) is 0 Å². The third-order valence-electron chi connectivity index (χ3n) is 5.63. The van der Waals surface area contributed by atoms with Crippen molar-refractivity contribution in [2.75, 3.05) is 25.7 Å². The van der Waals surface area contributed by atoms with Crippen molar-refractivity contribution < 1.29 is 19.0 Å². The molecule has 34 heavy (non-hydrogen) atoms. The highest BCUT2D eigenvalue weighted by Gasteiger charge is 2.17. The van der Waals surface area contributed by atoms with Crippen LogP contribution < -0.4 is 14.4 Å². The predicted molar refractivity (Wildman–Crippen MR) is 133 cm³/mol. The fourth-order valence-electron chi connectivity index (χ4n) is 3.89. The Bertz CT molecular complexity index is 1210. The number of methoxy groups -OCH3 is 2. The van der Waals surface area contributed by atoms with Crippen molar-refractivity contribution in [3.05, 3.63) is 83.0 Å². The lowest BCUT2D eigenvalue weighted by atomic mass is 10.1. The number of hydrogen-bond acceptors (Lipinski definition) is 6. The van der Waals surface area contributed by atoms with Crippen LogP contribution >= 0.6 is 0 Å². The molecule has 7 nitrogen and oxygen atoms in total. The number of esters is 1. The number of H-pyrrole nitrogens is 1. The zero-order valence-electron chi connectivity index (χ0n) is 19.9. The first-order chi connectivity index (χ1) is 16.5. The number of aromatic nitrogens is 2. The van der Waals surface area contributed by atoms with E-state index in [-0.39, 0.29) is 5.97 Å². The van der Waals surface area contributed by atoms with Gasteiger partial charge in [0.2, 0.25) is 0 Å². The Balaban J connectivity index is 1.70. The molecule has 0 fully saturated rings. The first kappa shape index (κ1) is 23.2. The summed E-state index contributed by atoms with van der Waals surface area (Å²) in [6.07, 6.45) is 0. The molecule has 0 saturated heterocycles. The zero-order chi connectivity index (χ0) is 24.1. The van der Waals surface area contributed by atoms with Crippen molar-refractivity contribution in [3.63, 3.8) is 0 Å². The van der Waals surface area contributed by atoms with E-state index in [1.54, 1.807) is 27.2 Å². The van der Waals surface area contributed by atoms with Crippen molar-refractivity contribution in [1.29, 1.82) is 0 Å². The van der Waals surface area contributed by atoms with Crippen LogP contribution in [-0.2, 0) is 17.8 Å². The topological polar surface area (TPSA) is 76.7 Å². The minimum absolute atomic E-state index is 0.323. The van der Waals surface area contributed by atoms with Crippen molar-refractivity contribution >= 4 is 22.8 Å². The molecule has 2 heterocycles. The molecular weight excluding hydrogens is 430 g/mol. The summed E-state index contributed by atoms with van der Waals surface area (Å²) in [4.78, 5) is 22.5. The van der Waals surface area contributed by atoms with Gasteiger partial charge in [-0.05, 0) is 66.9 Å². The Morgan fingerprint density at radius 2 is 1.47 bits per heavy atom. The molecule has 0 aliphatic rings. The van der Waals surface area contributed by atoms with Crippen LogP contribution in [0.1, 0.15) is 34.1 Å². The van der Waals surface area contributed by atoms with Gasteiger partial charge in [-0.25, -0.2) is 9.78 Å². The molecule has 0 aliphatic heterocycles. The van der Waals surface area contributed by atoms with Crippen molar-refractivity contribution in [3.8, 4) is 11.5 Å². The number of aryl methyl sites for hydroxylation is 1. The monoisotopic (exact) mass is 459 g/mol. The van der Waals surface area contributed by atoms with E-state index in [2.05, 4.69) is 34.1 Å². The molecule has 0 saturated carbocycles. The number of ether oxygens (including phenoxy) is 3. The largest absolute Gasteiger partial charge is 0.497 e. The lowest BCUT2D eigenvalue weighted by Gasteiger charge is -2.26. The van der Waals surface area contributed by atoms with Crippen LogP contribution in [0.25, 0.3) is 11.0 Å². The van der Waals surface area contributed by atoms with E-state index in [1.807, 2.05) is 37.3 Å². The highest BCUT2D eigenvalue weighted by Crippen LogP contribution is 2.27. The third-order valence-corrected chi connectivity index (χ3v) is 5.63. The van der Waals surface area contributed by atoms with Gasteiger partial charge in [0.15, 0.2) is 0 Å². The number of rotatable bonds is 9. The van der Waals surface area contributed by atoms with Gasteiger partial charge in [0, 0.05) is 13.1 Å². The van der Waals surface area contributed by atoms with E-state index in [9.17, 15) is 4.79 Å². The molecule has 0 spiro atoms. The second kappa shape index (κ2) is 10.3. The molecule has 2 aromatic heterocycles. The van der Waals surface area contributed by atoms with Crippen LogP contribution in [0.5, 0.6) is 11.5 Å². The first-order valence-electron chi connectivity index (χ1n) is 11.2. The van der Waals surface area contributed by atoms with Crippen LogP contribution in [-0.4, -0.2) is 36.8 Å². The molecule has 176 valence electrons. The molecule has 1 N–H and O–H groups in total. The number of nitrogens with zero attached hydrogens (tertiary/aromatic N) is 2. The lowest BCUT2D eigenvalue weighted by Crippen LogP contribution is -2.24. The van der Waals surface area contributed by atoms with Crippen molar-refractivity contribution in [2.45, 2.75) is 26.9 Å². The second-order valence-electron chi connectivity index (χ2n) is 8.02.